The van der Waals surface area contributed by atoms with Crippen LogP contribution in [0.15, 0.2) is 18.2 Å². The zero-order valence-electron chi connectivity index (χ0n) is 16.3. The van der Waals surface area contributed by atoms with Gasteiger partial charge in [0.1, 0.15) is 5.75 Å². The second kappa shape index (κ2) is 7.26. The van der Waals surface area contributed by atoms with E-state index in [2.05, 4.69) is 41.8 Å². The zero-order valence-corrected chi connectivity index (χ0v) is 16.3. The summed E-state index contributed by atoms with van der Waals surface area (Å²) in [6.07, 6.45) is 3.45. The zero-order chi connectivity index (χ0) is 18.1. The van der Waals surface area contributed by atoms with Crippen LogP contribution in [0.1, 0.15) is 51.2 Å². The first kappa shape index (κ1) is 18.7. The number of piperidine rings is 1. The number of hydrogen-bond acceptors (Lipinski definition) is 4. The average molecular weight is 347 g/mol. The summed E-state index contributed by atoms with van der Waals surface area (Å²) in [6, 6.07) is 6.62. The van der Waals surface area contributed by atoms with E-state index in [0.717, 1.165) is 38.3 Å². The number of aliphatic hydroxyl groups is 1. The van der Waals surface area contributed by atoms with Crippen LogP contribution in [0.5, 0.6) is 5.75 Å². The molecule has 0 spiro atoms. The second-order valence-corrected chi connectivity index (χ2v) is 8.75. The minimum Gasteiger partial charge on any atom is -0.496 e. The predicted octanol–water partition coefficient (Wildman–Crippen LogP) is 3.27. The van der Waals surface area contributed by atoms with E-state index in [-0.39, 0.29) is 5.41 Å². The first-order valence-corrected chi connectivity index (χ1v) is 9.64. The molecule has 0 amide bonds. The molecule has 1 aromatic carbocycles. The third kappa shape index (κ3) is 4.18. The quantitative estimate of drug-likeness (QED) is 0.888. The summed E-state index contributed by atoms with van der Waals surface area (Å²) >= 11 is 0. The fourth-order valence-electron chi connectivity index (χ4n) is 4.15. The topological polar surface area (TPSA) is 35.9 Å². The minimum atomic E-state index is -0.579. The standard InChI is InChI=1S/C21H34N2O2/c1-20(2)16-23(12-9-21(20,3)24)14-17-7-8-19(25-4)18(13-17)15-22-10-5-6-11-22/h7-8,13,24H,5-6,9-12,14-16H2,1-4H3/t21-/m1/s1. The van der Waals surface area contributed by atoms with Crippen molar-refractivity contribution in [2.24, 2.45) is 5.41 Å². The molecule has 2 aliphatic rings. The molecular formula is C21H34N2O2. The van der Waals surface area contributed by atoms with E-state index in [9.17, 15) is 5.11 Å². The maximum absolute atomic E-state index is 10.6. The van der Waals surface area contributed by atoms with Crippen molar-refractivity contribution in [2.45, 2.75) is 58.7 Å². The van der Waals surface area contributed by atoms with Crippen molar-refractivity contribution < 1.29 is 9.84 Å². The molecule has 1 aromatic rings. The number of hydrogen-bond donors (Lipinski definition) is 1. The van der Waals surface area contributed by atoms with Crippen molar-refractivity contribution in [1.29, 1.82) is 0 Å². The van der Waals surface area contributed by atoms with E-state index in [1.165, 1.54) is 37.1 Å². The molecular weight excluding hydrogens is 312 g/mol. The van der Waals surface area contributed by atoms with Crippen molar-refractivity contribution in [3.8, 4) is 5.75 Å². The Bertz CT molecular complexity index is 592. The van der Waals surface area contributed by atoms with Crippen LogP contribution in [0, 0.1) is 5.41 Å². The van der Waals surface area contributed by atoms with E-state index < -0.39 is 5.60 Å². The maximum Gasteiger partial charge on any atom is 0.123 e. The van der Waals surface area contributed by atoms with Crippen molar-refractivity contribution >= 4 is 0 Å². The van der Waals surface area contributed by atoms with Gasteiger partial charge in [-0.15, -0.1) is 0 Å². The van der Waals surface area contributed by atoms with Gasteiger partial charge >= 0.3 is 0 Å². The molecule has 4 nitrogen and oxygen atoms in total. The second-order valence-electron chi connectivity index (χ2n) is 8.75. The number of benzene rings is 1. The lowest BCUT2D eigenvalue weighted by Gasteiger charge is -2.48. The van der Waals surface area contributed by atoms with Gasteiger partial charge in [-0.2, -0.15) is 0 Å². The van der Waals surface area contributed by atoms with Crippen molar-refractivity contribution in [3.05, 3.63) is 29.3 Å². The Labute approximate surface area is 152 Å². The largest absolute Gasteiger partial charge is 0.496 e. The van der Waals surface area contributed by atoms with Crippen molar-refractivity contribution in [3.63, 3.8) is 0 Å². The molecule has 2 saturated heterocycles. The van der Waals surface area contributed by atoms with Crippen LogP contribution >= 0.6 is 0 Å². The highest BCUT2D eigenvalue weighted by molar-refractivity contribution is 5.37. The van der Waals surface area contributed by atoms with Crippen LogP contribution in [0.2, 0.25) is 0 Å². The van der Waals surface area contributed by atoms with Crippen LogP contribution in [-0.2, 0) is 13.1 Å². The van der Waals surface area contributed by atoms with E-state index in [4.69, 9.17) is 4.74 Å². The number of methoxy groups -OCH3 is 1. The molecule has 0 aliphatic carbocycles. The summed E-state index contributed by atoms with van der Waals surface area (Å²) in [5.41, 5.74) is 1.97. The Hall–Kier alpha value is -1.10. The number of nitrogens with zero attached hydrogens (tertiary/aromatic N) is 2. The Morgan fingerprint density at radius 2 is 1.76 bits per heavy atom. The lowest BCUT2D eigenvalue weighted by molar-refractivity contribution is -0.107. The molecule has 0 radical (unpaired) electrons. The van der Waals surface area contributed by atoms with Gasteiger partial charge in [-0.25, -0.2) is 0 Å². The highest BCUT2D eigenvalue weighted by Crippen LogP contribution is 2.38. The highest BCUT2D eigenvalue weighted by atomic mass is 16.5. The lowest BCUT2D eigenvalue weighted by Crippen LogP contribution is -2.55. The van der Waals surface area contributed by atoms with Crippen LogP contribution in [-0.4, -0.2) is 53.8 Å². The van der Waals surface area contributed by atoms with Crippen LogP contribution in [0.4, 0.5) is 0 Å². The summed E-state index contributed by atoms with van der Waals surface area (Å²) in [5.74, 6) is 0.998. The monoisotopic (exact) mass is 346 g/mol. The number of rotatable bonds is 5. The first-order valence-electron chi connectivity index (χ1n) is 9.64. The first-order chi connectivity index (χ1) is 11.8. The molecule has 4 heteroatoms. The summed E-state index contributed by atoms with van der Waals surface area (Å²) < 4.78 is 5.59. The molecule has 140 valence electrons. The highest BCUT2D eigenvalue weighted by Gasteiger charge is 2.43. The summed E-state index contributed by atoms with van der Waals surface area (Å²) in [7, 11) is 1.76. The van der Waals surface area contributed by atoms with Gasteiger partial charge < -0.3 is 9.84 Å². The number of ether oxygens (including phenoxy) is 1. The van der Waals surface area contributed by atoms with E-state index in [0.29, 0.717) is 0 Å². The van der Waals surface area contributed by atoms with Crippen molar-refractivity contribution in [2.75, 3.05) is 33.3 Å². The molecule has 0 aromatic heterocycles. The third-order valence-corrected chi connectivity index (χ3v) is 6.34. The average Bonchev–Trinajstić information content (AvgIpc) is 3.04. The Balaban J connectivity index is 1.70. The normalized spacial score (nSPS) is 27.6. The molecule has 1 atom stereocenters. The smallest absolute Gasteiger partial charge is 0.123 e. The Morgan fingerprint density at radius 1 is 1.04 bits per heavy atom. The molecule has 25 heavy (non-hydrogen) atoms. The van der Waals surface area contributed by atoms with Gasteiger partial charge in [0.15, 0.2) is 0 Å². The molecule has 3 rings (SSSR count). The molecule has 0 unspecified atom stereocenters. The van der Waals surface area contributed by atoms with Crippen LogP contribution in [0.3, 0.4) is 0 Å². The predicted molar refractivity (Wildman–Crippen MR) is 102 cm³/mol. The van der Waals surface area contributed by atoms with Gasteiger partial charge in [0.05, 0.1) is 12.7 Å². The maximum atomic E-state index is 10.6. The van der Waals surface area contributed by atoms with E-state index >= 15 is 0 Å². The fourth-order valence-corrected chi connectivity index (χ4v) is 4.15. The van der Waals surface area contributed by atoms with E-state index in [1.54, 1.807) is 7.11 Å². The molecule has 0 saturated carbocycles. The van der Waals surface area contributed by atoms with Crippen LogP contribution in [0.25, 0.3) is 0 Å². The molecule has 2 fully saturated rings. The third-order valence-electron chi connectivity index (χ3n) is 6.34. The Morgan fingerprint density at radius 3 is 2.40 bits per heavy atom. The molecule has 2 aliphatic heterocycles. The molecule has 1 N–H and O–H groups in total. The van der Waals surface area contributed by atoms with Gasteiger partial charge in [0.2, 0.25) is 0 Å². The Kier molecular flexibility index (Phi) is 5.42. The number of likely N-dealkylation sites (tertiary alicyclic amines) is 2. The summed E-state index contributed by atoms with van der Waals surface area (Å²) in [6.45, 7) is 12.5. The van der Waals surface area contributed by atoms with Gasteiger partial charge in [-0.1, -0.05) is 19.9 Å². The summed E-state index contributed by atoms with van der Waals surface area (Å²) in [5, 5.41) is 10.6. The van der Waals surface area contributed by atoms with Gasteiger partial charge in [0, 0.05) is 37.2 Å². The lowest BCUT2D eigenvalue weighted by atomic mass is 9.71. The van der Waals surface area contributed by atoms with E-state index in [1.807, 2.05) is 6.92 Å². The van der Waals surface area contributed by atoms with Gasteiger partial charge in [-0.05, 0) is 57.0 Å². The van der Waals surface area contributed by atoms with Gasteiger partial charge in [-0.3, -0.25) is 9.80 Å². The minimum absolute atomic E-state index is 0.0872. The van der Waals surface area contributed by atoms with Crippen LogP contribution < -0.4 is 4.74 Å². The fraction of sp³-hybridized carbons (Fsp3) is 0.714. The van der Waals surface area contributed by atoms with Gasteiger partial charge in [0.25, 0.3) is 0 Å². The summed E-state index contributed by atoms with van der Waals surface area (Å²) in [4.78, 5) is 4.99. The SMILES string of the molecule is COc1ccc(CN2CC[C@@](C)(O)C(C)(C)C2)cc1CN1CCCC1. The van der Waals surface area contributed by atoms with Crippen molar-refractivity contribution in [1.82, 2.24) is 9.80 Å². The molecule has 2 heterocycles. The molecule has 0 bridgehead atoms.